The molecule has 1 atom stereocenters. The summed E-state index contributed by atoms with van der Waals surface area (Å²) >= 11 is 2.83. The molecule has 1 aromatic carbocycles. The van der Waals surface area contributed by atoms with E-state index in [2.05, 4.69) is 23.1 Å². The van der Waals surface area contributed by atoms with Crippen molar-refractivity contribution in [2.24, 2.45) is 5.92 Å². The van der Waals surface area contributed by atoms with Gasteiger partial charge in [-0.05, 0) is 66.5 Å². The minimum absolute atomic E-state index is 0.230. The van der Waals surface area contributed by atoms with Crippen molar-refractivity contribution in [3.63, 3.8) is 0 Å². The van der Waals surface area contributed by atoms with Crippen LogP contribution in [0, 0.1) is 5.92 Å². The number of benzene rings is 1. The van der Waals surface area contributed by atoms with Gasteiger partial charge in [0.15, 0.2) is 0 Å². The van der Waals surface area contributed by atoms with Crippen molar-refractivity contribution in [1.82, 2.24) is 10.9 Å². The predicted octanol–water partition coefficient (Wildman–Crippen LogP) is 4.26. The lowest BCUT2D eigenvalue weighted by molar-refractivity contribution is 0.0849. The second-order valence-electron chi connectivity index (χ2n) is 7.33. The van der Waals surface area contributed by atoms with Crippen LogP contribution in [0.15, 0.2) is 47.8 Å². The Morgan fingerprint density at radius 3 is 2.60 bits per heavy atom. The number of hydrogen-bond donors (Lipinski definition) is 3. The van der Waals surface area contributed by atoms with Gasteiger partial charge < -0.3 is 5.32 Å². The van der Waals surface area contributed by atoms with Crippen LogP contribution in [0.1, 0.15) is 53.5 Å². The number of nitrogens with one attached hydrogen (secondary N) is 3. The Bertz CT molecular complexity index is 1090. The zero-order chi connectivity index (χ0) is 21.1. The van der Waals surface area contributed by atoms with Crippen molar-refractivity contribution in [3.05, 3.63) is 73.6 Å². The Balaban J connectivity index is 1.36. The van der Waals surface area contributed by atoms with E-state index in [1.807, 2.05) is 11.4 Å². The van der Waals surface area contributed by atoms with Crippen LogP contribution in [0.4, 0.5) is 5.69 Å². The maximum absolute atomic E-state index is 12.5. The fraction of sp³-hybridized carbons (Fsp3) is 0.227. The second kappa shape index (κ2) is 8.81. The molecular formula is C22H21N3O3S2. The molecule has 4 rings (SSSR count). The van der Waals surface area contributed by atoms with E-state index in [1.54, 1.807) is 36.4 Å². The lowest BCUT2D eigenvalue weighted by atomic mass is 9.90. The van der Waals surface area contributed by atoms with E-state index in [-0.39, 0.29) is 11.8 Å². The molecule has 0 fully saturated rings. The molecule has 8 heteroatoms. The van der Waals surface area contributed by atoms with Gasteiger partial charge in [0, 0.05) is 16.1 Å². The van der Waals surface area contributed by atoms with Gasteiger partial charge in [-0.25, -0.2) is 0 Å². The fourth-order valence-electron chi connectivity index (χ4n) is 3.40. The number of fused-ring (bicyclic) bond motifs is 1. The number of rotatable bonds is 4. The third-order valence-electron chi connectivity index (χ3n) is 4.97. The van der Waals surface area contributed by atoms with Crippen LogP contribution in [-0.4, -0.2) is 17.7 Å². The molecular weight excluding hydrogens is 418 g/mol. The number of carbonyl (C=O) groups excluding carboxylic acids is 3. The first-order valence-electron chi connectivity index (χ1n) is 9.67. The van der Waals surface area contributed by atoms with Gasteiger partial charge in [0.25, 0.3) is 17.7 Å². The molecule has 3 aromatic rings. The summed E-state index contributed by atoms with van der Waals surface area (Å²) < 4.78 is 0. The molecule has 2 heterocycles. The van der Waals surface area contributed by atoms with Crippen molar-refractivity contribution in [1.29, 1.82) is 0 Å². The number of anilines is 1. The van der Waals surface area contributed by atoms with E-state index in [0.717, 1.165) is 19.3 Å². The summed E-state index contributed by atoms with van der Waals surface area (Å²) in [6.07, 6.45) is 3.14. The van der Waals surface area contributed by atoms with E-state index in [4.69, 9.17) is 0 Å². The second-order valence-corrected chi connectivity index (χ2v) is 9.41. The highest BCUT2D eigenvalue weighted by atomic mass is 32.1. The van der Waals surface area contributed by atoms with Gasteiger partial charge in [0.1, 0.15) is 0 Å². The number of aryl methyl sites for hydroxylation is 1. The molecule has 0 spiro atoms. The quantitative estimate of drug-likeness (QED) is 0.531. The average molecular weight is 440 g/mol. The standard InChI is InChI=1S/C22H21N3O3S2/c1-13-7-8-17-15(10-13)12-19(30-17)22(28)25-24-20(26)14-4-2-5-16(11-14)23-21(27)18-6-3-9-29-18/h2-6,9,11-13H,7-8,10H2,1H3,(H,23,27)(H,24,26)(H,25,28). The highest BCUT2D eigenvalue weighted by Gasteiger charge is 2.21. The van der Waals surface area contributed by atoms with Crippen molar-refractivity contribution < 1.29 is 14.4 Å². The maximum atomic E-state index is 12.5. The maximum Gasteiger partial charge on any atom is 0.279 e. The highest BCUT2D eigenvalue weighted by Crippen LogP contribution is 2.32. The Morgan fingerprint density at radius 1 is 0.967 bits per heavy atom. The van der Waals surface area contributed by atoms with E-state index in [0.29, 0.717) is 26.9 Å². The first-order valence-corrected chi connectivity index (χ1v) is 11.4. The zero-order valence-corrected chi connectivity index (χ0v) is 18.0. The predicted molar refractivity (Wildman–Crippen MR) is 119 cm³/mol. The van der Waals surface area contributed by atoms with Crippen LogP contribution in [-0.2, 0) is 12.8 Å². The van der Waals surface area contributed by atoms with Gasteiger partial charge in [0.2, 0.25) is 0 Å². The Kier molecular flexibility index (Phi) is 5.96. The number of hydrazine groups is 1. The van der Waals surface area contributed by atoms with Gasteiger partial charge in [-0.1, -0.05) is 19.1 Å². The molecule has 0 bridgehead atoms. The smallest absolute Gasteiger partial charge is 0.279 e. The first kappa shape index (κ1) is 20.3. The largest absolute Gasteiger partial charge is 0.321 e. The van der Waals surface area contributed by atoms with Crippen molar-refractivity contribution in [2.45, 2.75) is 26.2 Å². The molecule has 3 amide bonds. The van der Waals surface area contributed by atoms with E-state index >= 15 is 0 Å². The van der Waals surface area contributed by atoms with Crippen molar-refractivity contribution in [2.75, 3.05) is 5.32 Å². The van der Waals surface area contributed by atoms with Gasteiger partial charge in [-0.2, -0.15) is 0 Å². The summed E-state index contributed by atoms with van der Waals surface area (Å²) in [5, 5.41) is 4.59. The number of amides is 3. The van der Waals surface area contributed by atoms with Crippen LogP contribution >= 0.6 is 22.7 Å². The molecule has 154 valence electrons. The van der Waals surface area contributed by atoms with Crippen LogP contribution in [0.25, 0.3) is 0 Å². The Morgan fingerprint density at radius 2 is 1.80 bits per heavy atom. The van der Waals surface area contributed by atoms with Gasteiger partial charge in [-0.3, -0.25) is 25.2 Å². The summed E-state index contributed by atoms with van der Waals surface area (Å²) in [7, 11) is 0. The lowest BCUT2D eigenvalue weighted by Crippen LogP contribution is -2.41. The SMILES string of the molecule is CC1CCc2sc(C(=O)NNC(=O)c3cccc(NC(=O)c4cccs4)c3)cc2C1. The minimum atomic E-state index is -0.453. The fourth-order valence-corrected chi connectivity index (χ4v) is 5.13. The number of carbonyl (C=O) groups is 3. The number of hydrogen-bond acceptors (Lipinski definition) is 5. The molecule has 0 saturated carbocycles. The Hall–Kier alpha value is -2.97. The molecule has 3 N–H and O–H groups in total. The van der Waals surface area contributed by atoms with Crippen LogP contribution in [0.3, 0.4) is 0 Å². The molecule has 2 aromatic heterocycles. The summed E-state index contributed by atoms with van der Waals surface area (Å²) in [6, 6.07) is 12.0. The highest BCUT2D eigenvalue weighted by molar-refractivity contribution is 7.14. The summed E-state index contributed by atoms with van der Waals surface area (Å²) in [6.45, 7) is 2.22. The summed E-state index contributed by atoms with van der Waals surface area (Å²) in [5.41, 5.74) is 7.02. The van der Waals surface area contributed by atoms with E-state index in [9.17, 15) is 14.4 Å². The third-order valence-corrected chi connectivity index (χ3v) is 7.07. The molecule has 1 aliphatic rings. The third kappa shape index (κ3) is 4.60. The molecule has 1 aliphatic carbocycles. The number of thiophene rings is 2. The normalized spacial score (nSPS) is 15.2. The molecule has 0 aliphatic heterocycles. The van der Waals surface area contributed by atoms with Gasteiger partial charge >= 0.3 is 0 Å². The van der Waals surface area contributed by atoms with E-state index in [1.165, 1.54) is 33.1 Å². The van der Waals surface area contributed by atoms with Crippen LogP contribution in [0.5, 0.6) is 0 Å². The molecule has 30 heavy (non-hydrogen) atoms. The van der Waals surface area contributed by atoms with Crippen molar-refractivity contribution >= 4 is 46.1 Å². The summed E-state index contributed by atoms with van der Waals surface area (Å²) in [5.74, 6) is -0.370. The van der Waals surface area contributed by atoms with Gasteiger partial charge in [-0.15, -0.1) is 22.7 Å². The monoisotopic (exact) mass is 439 g/mol. The van der Waals surface area contributed by atoms with Crippen molar-refractivity contribution in [3.8, 4) is 0 Å². The first-order chi connectivity index (χ1) is 14.5. The van der Waals surface area contributed by atoms with Gasteiger partial charge in [0.05, 0.1) is 9.75 Å². The molecule has 0 radical (unpaired) electrons. The van der Waals surface area contributed by atoms with Crippen LogP contribution in [0.2, 0.25) is 0 Å². The summed E-state index contributed by atoms with van der Waals surface area (Å²) in [4.78, 5) is 39.5. The van der Waals surface area contributed by atoms with E-state index < -0.39 is 5.91 Å². The molecule has 6 nitrogen and oxygen atoms in total. The lowest BCUT2D eigenvalue weighted by Gasteiger charge is -2.16. The minimum Gasteiger partial charge on any atom is -0.321 e. The average Bonchev–Trinajstić information content (AvgIpc) is 3.41. The van der Waals surface area contributed by atoms with Crippen LogP contribution < -0.4 is 16.2 Å². The molecule has 0 saturated heterocycles. The zero-order valence-electron chi connectivity index (χ0n) is 16.4. The molecule has 1 unspecified atom stereocenters. The topological polar surface area (TPSA) is 87.3 Å². The Labute approximate surface area is 182 Å².